The first-order chi connectivity index (χ1) is 14.3. The Balaban J connectivity index is 1.10. The Labute approximate surface area is 173 Å². The van der Waals surface area contributed by atoms with E-state index < -0.39 is 0 Å². The third kappa shape index (κ3) is 4.49. The van der Waals surface area contributed by atoms with Gasteiger partial charge in [0.1, 0.15) is 11.9 Å². The molecular formula is C26H31NO2. The van der Waals surface area contributed by atoms with E-state index in [4.69, 9.17) is 4.74 Å². The highest BCUT2D eigenvalue weighted by Crippen LogP contribution is 2.51. The normalized spacial score (nSPS) is 24.6. The molecular weight excluding hydrogens is 358 g/mol. The van der Waals surface area contributed by atoms with E-state index in [-0.39, 0.29) is 5.91 Å². The molecule has 2 fully saturated rings. The topological polar surface area (TPSA) is 38.3 Å². The summed E-state index contributed by atoms with van der Waals surface area (Å²) in [5, 5.41) is 3.16. The molecule has 3 aliphatic rings. The summed E-state index contributed by atoms with van der Waals surface area (Å²) in [6, 6.07) is 17.3. The Morgan fingerprint density at radius 1 is 1.03 bits per heavy atom. The molecule has 0 radical (unpaired) electrons. The summed E-state index contributed by atoms with van der Waals surface area (Å²) < 4.78 is 6.28. The maximum atomic E-state index is 11.9. The van der Waals surface area contributed by atoms with Crippen LogP contribution in [-0.2, 0) is 17.6 Å². The van der Waals surface area contributed by atoms with E-state index in [2.05, 4.69) is 53.8 Å². The van der Waals surface area contributed by atoms with Crippen molar-refractivity contribution < 1.29 is 9.53 Å². The number of rotatable bonds is 9. The van der Waals surface area contributed by atoms with E-state index >= 15 is 0 Å². The molecule has 0 unspecified atom stereocenters. The number of fused-ring (bicyclic) bond motifs is 1. The van der Waals surface area contributed by atoms with Gasteiger partial charge in [0.25, 0.3) is 0 Å². The number of amides is 1. The van der Waals surface area contributed by atoms with Gasteiger partial charge in [-0.15, -0.1) is 0 Å². The molecule has 5 rings (SSSR count). The Hall–Kier alpha value is -2.29. The molecule has 2 aliphatic carbocycles. The van der Waals surface area contributed by atoms with Crippen LogP contribution in [-0.4, -0.2) is 18.6 Å². The second-order valence-corrected chi connectivity index (χ2v) is 9.12. The van der Waals surface area contributed by atoms with Gasteiger partial charge in [0.05, 0.1) is 0 Å². The van der Waals surface area contributed by atoms with Crippen LogP contribution in [0.25, 0.3) is 0 Å². The van der Waals surface area contributed by atoms with Crippen molar-refractivity contribution in [3.05, 3.63) is 65.2 Å². The number of unbranched alkanes of at least 4 members (excludes halogenated alkanes) is 1. The van der Waals surface area contributed by atoms with Gasteiger partial charge in [-0.25, -0.2) is 0 Å². The van der Waals surface area contributed by atoms with Gasteiger partial charge in [0.15, 0.2) is 0 Å². The highest BCUT2D eigenvalue weighted by Gasteiger charge is 2.42. The number of carbonyl (C=O) groups is 1. The fourth-order valence-corrected chi connectivity index (χ4v) is 4.79. The number of hydrogen-bond donors (Lipinski definition) is 1. The second-order valence-electron chi connectivity index (χ2n) is 9.12. The van der Waals surface area contributed by atoms with Crippen LogP contribution in [0.15, 0.2) is 48.5 Å². The average Bonchev–Trinajstić information content (AvgIpc) is 3.67. The van der Waals surface area contributed by atoms with Gasteiger partial charge in [-0.05, 0) is 74.0 Å². The van der Waals surface area contributed by atoms with Crippen LogP contribution < -0.4 is 10.1 Å². The predicted octanol–water partition coefficient (Wildman–Crippen LogP) is 5.03. The molecule has 3 nitrogen and oxygen atoms in total. The first kappa shape index (κ1) is 18.7. The minimum Gasteiger partial charge on any atom is -0.490 e. The van der Waals surface area contributed by atoms with Crippen molar-refractivity contribution in [1.82, 2.24) is 5.32 Å². The van der Waals surface area contributed by atoms with Gasteiger partial charge in [0, 0.05) is 24.4 Å². The largest absolute Gasteiger partial charge is 0.490 e. The summed E-state index contributed by atoms with van der Waals surface area (Å²) in [6.45, 7) is 0.841. The monoisotopic (exact) mass is 389 g/mol. The Morgan fingerprint density at radius 3 is 2.72 bits per heavy atom. The summed E-state index contributed by atoms with van der Waals surface area (Å²) in [4.78, 5) is 11.9. The maximum Gasteiger partial charge on any atom is 0.223 e. The van der Waals surface area contributed by atoms with Crippen molar-refractivity contribution in [3.8, 4) is 5.75 Å². The minimum absolute atomic E-state index is 0.271. The third-order valence-electron chi connectivity index (χ3n) is 6.79. The summed E-state index contributed by atoms with van der Waals surface area (Å²) in [5.41, 5.74) is 4.33. The Bertz CT molecular complexity index is 858. The van der Waals surface area contributed by atoms with Crippen molar-refractivity contribution in [2.45, 2.75) is 63.4 Å². The van der Waals surface area contributed by atoms with Crippen LogP contribution in [0.2, 0.25) is 0 Å². The number of nitrogens with one attached hydrogen (secondary N) is 1. The second kappa shape index (κ2) is 8.22. The van der Waals surface area contributed by atoms with E-state index in [0.717, 1.165) is 44.4 Å². The molecule has 0 spiro atoms. The molecule has 1 aliphatic heterocycles. The van der Waals surface area contributed by atoms with Crippen molar-refractivity contribution in [1.29, 1.82) is 0 Å². The molecule has 1 amide bonds. The van der Waals surface area contributed by atoms with Crippen molar-refractivity contribution in [3.63, 3.8) is 0 Å². The summed E-state index contributed by atoms with van der Waals surface area (Å²) in [5.74, 6) is 2.89. The summed E-state index contributed by atoms with van der Waals surface area (Å²) >= 11 is 0. The maximum absolute atomic E-state index is 11.9. The summed E-state index contributed by atoms with van der Waals surface area (Å²) in [7, 11) is 0. The molecule has 1 N–H and O–H groups in total. The van der Waals surface area contributed by atoms with Crippen LogP contribution in [0.3, 0.4) is 0 Å². The fraction of sp³-hybridized carbons (Fsp3) is 0.500. The SMILES string of the molecule is O=C(NC[C@@H]1C[C@H]1c1cccc2c1C[C@@H](CCCCc1ccccc1)O2)C1CC1. The Kier molecular flexibility index (Phi) is 5.30. The van der Waals surface area contributed by atoms with Gasteiger partial charge in [-0.2, -0.15) is 0 Å². The lowest BCUT2D eigenvalue weighted by Crippen LogP contribution is -2.27. The molecule has 0 bridgehead atoms. The smallest absolute Gasteiger partial charge is 0.223 e. The van der Waals surface area contributed by atoms with E-state index in [1.165, 1.54) is 36.0 Å². The molecule has 152 valence electrons. The molecule has 0 aromatic heterocycles. The molecule has 3 heteroatoms. The van der Waals surface area contributed by atoms with Crippen molar-refractivity contribution >= 4 is 5.91 Å². The zero-order valence-electron chi connectivity index (χ0n) is 17.1. The number of benzene rings is 2. The average molecular weight is 390 g/mol. The number of carbonyl (C=O) groups excluding carboxylic acids is 1. The van der Waals surface area contributed by atoms with Crippen LogP contribution in [0, 0.1) is 11.8 Å². The van der Waals surface area contributed by atoms with E-state index in [0.29, 0.717) is 23.9 Å². The predicted molar refractivity (Wildman–Crippen MR) is 115 cm³/mol. The van der Waals surface area contributed by atoms with Gasteiger partial charge >= 0.3 is 0 Å². The zero-order chi connectivity index (χ0) is 19.6. The molecule has 2 aromatic carbocycles. The van der Waals surface area contributed by atoms with Gasteiger partial charge in [0.2, 0.25) is 5.91 Å². The lowest BCUT2D eigenvalue weighted by Gasteiger charge is -2.10. The standard InChI is InChI=1S/C26H31NO2/c28-26(19-13-14-19)27-17-20-15-23(20)22-11-6-12-25-24(22)16-21(29-25)10-5-4-9-18-7-2-1-3-8-18/h1-3,6-8,11-12,19-21,23H,4-5,9-10,13-17H2,(H,27,28)/t20-,21+,23+/m0/s1. The first-order valence-corrected chi connectivity index (χ1v) is 11.4. The highest BCUT2D eigenvalue weighted by molar-refractivity contribution is 5.80. The molecule has 1 heterocycles. The summed E-state index contributed by atoms with van der Waals surface area (Å²) in [6.07, 6.45) is 9.45. The third-order valence-corrected chi connectivity index (χ3v) is 6.79. The number of ether oxygens (including phenoxy) is 1. The quantitative estimate of drug-likeness (QED) is 0.611. The molecule has 0 saturated heterocycles. The lowest BCUT2D eigenvalue weighted by molar-refractivity contribution is -0.122. The van der Waals surface area contributed by atoms with Crippen LogP contribution >= 0.6 is 0 Å². The lowest BCUT2D eigenvalue weighted by atomic mass is 9.96. The number of aryl methyl sites for hydroxylation is 1. The van der Waals surface area contributed by atoms with Crippen molar-refractivity contribution in [2.75, 3.05) is 6.54 Å². The van der Waals surface area contributed by atoms with Crippen LogP contribution in [0.4, 0.5) is 0 Å². The van der Waals surface area contributed by atoms with E-state index in [1.807, 2.05) is 0 Å². The van der Waals surface area contributed by atoms with Gasteiger partial charge in [-0.1, -0.05) is 42.5 Å². The zero-order valence-corrected chi connectivity index (χ0v) is 17.1. The van der Waals surface area contributed by atoms with Crippen LogP contribution in [0.1, 0.15) is 61.1 Å². The van der Waals surface area contributed by atoms with E-state index in [9.17, 15) is 4.79 Å². The van der Waals surface area contributed by atoms with Crippen molar-refractivity contribution in [2.24, 2.45) is 11.8 Å². The van der Waals surface area contributed by atoms with E-state index in [1.54, 1.807) is 0 Å². The minimum atomic E-state index is 0.271. The van der Waals surface area contributed by atoms with Crippen LogP contribution in [0.5, 0.6) is 5.75 Å². The molecule has 29 heavy (non-hydrogen) atoms. The van der Waals surface area contributed by atoms with Gasteiger partial charge < -0.3 is 10.1 Å². The fourth-order valence-electron chi connectivity index (χ4n) is 4.79. The first-order valence-electron chi connectivity index (χ1n) is 11.4. The molecule has 3 atom stereocenters. The number of hydrogen-bond acceptors (Lipinski definition) is 2. The highest BCUT2D eigenvalue weighted by atomic mass is 16.5. The Morgan fingerprint density at radius 2 is 1.90 bits per heavy atom. The van der Waals surface area contributed by atoms with Gasteiger partial charge in [-0.3, -0.25) is 4.79 Å². The molecule has 2 saturated carbocycles. The molecule has 2 aromatic rings.